The van der Waals surface area contributed by atoms with E-state index in [2.05, 4.69) is 0 Å². The van der Waals surface area contributed by atoms with E-state index in [0.717, 1.165) is 30.4 Å². The number of aryl methyl sites for hydroxylation is 2. The van der Waals surface area contributed by atoms with Crippen LogP contribution in [-0.4, -0.2) is 10.7 Å². The van der Waals surface area contributed by atoms with Gasteiger partial charge in [0.1, 0.15) is 0 Å². The van der Waals surface area contributed by atoms with Gasteiger partial charge >= 0.3 is 0 Å². The van der Waals surface area contributed by atoms with E-state index in [-0.39, 0.29) is 17.4 Å². The van der Waals surface area contributed by atoms with Gasteiger partial charge in [-0.25, -0.2) is 0 Å². The molecule has 4 nitrogen and oxygen atoms in total. The van der Waals surface area contributed by atoms with E-state index >= 15 is 0 Å². The molecule has 0 bridgehead atoms. The third-order valence-corrected chi connectivity index (χ3v) is 4.92. The normalized spacial score (nSPS) is 17.3. The zero-order valence-corrected chi connectivity index (χ0v) is 12.5. The number of nitro groups is 1. The van der Waals surface area contributed by atoms with Crippen molar-refractivity contribution in [3.63, 3.8) is 0 Å². The molecule has 1 aliphatic rings. The second-order valence-corrected chi connectivity index (χ2v) is 6.42. The van der Waals surface area contributed by atoms with Crippen LogP contribution in [0.4, 0.5) is 5.69 Å². The lowest BCUT2D eigenvalue weighted by molar-refractivity contribution is -0.384. The molecule has 1 atom stereocenters. The smallest absolute Gasteiger partial charge is 0.270 e. The number of thiophene rings is 1. The van der Waals surface area contributed by atoms with Gasteiger partial charge in [0.25, 0.3) is 5.69 Å². The van der Waals surface area contributed by atoms with Gasteiger partial charge in [0.2, 0.25) is 0 Å². The number of nitro benzene ring substituents is 1. The second-order valence-electron chi connectivity index (χ2n) is 5.42. The molecule has 0 saturated carbocycles. The first-order valence-corrected chi connectivity index (χ1v) is 7.81. The lowest BCUT2D eigenvalue weighted by Crippen LogP contribution is -2.17. The lowest BCUT2D eigenvalue weighted by atomic mass is 9.82. The fraction of sp³-hybridized carbons (Fsp3) is 0.312. The number of nitrogens with zero attached hydrogens (tertiary/aromatic N) is 1. The van der Waals surface area contributed by atoms with Crippen LogP contribution in [0.2, 0.25) is 0 Å². The maximum absolute atomic E-state index is 12.8. The van der Waals surface area contributed by atoms with Crippen LogP contribution in [0.3, 0.4) is 0 Å². The number of non-ortho nitro benzene ring substituents is 1. The Hall–Kier alpha value is -2.01. The lowest BCUT2D eigenvalue weighted by Gasteiger charge is -2.21. The Bertz CT molecular complexity index is 720. The number of Topliss-reactive ketones (excluding diaryl/α,β-unsaturated/α-hetero) is 1. The summed E-state index contributed by atoms with van der Waals surface area (Å²) in [6.45, 7) is 1.78. The minimum absolute atomic E-state index is 0.00106. The van der Waals surface area contributed by atoms with Crippen molar-refractivity contribution in [3.8, 4) is 0 Å². The first-order chi connectivity index (χ1) is 10.1. The van der Waals surface area contributed by atoms with Crippen LogP contribution in [-0.2, 0) is 6.42 Å². The molecule has 5 heteroatoms. The van der Waals surface area contributed by atoms with E-state index in [0.29, 0.717) is 5.56 Å². The highest BCUT2D eigenvalue weighted by Crippen LogP contribution is 2.37. The molecule has 2 aromatic rings. The van der Waals surface area contributed by atoms with Crippen molar-refractivity contribution >= 4 is 22.8 Å². The van der Waals surface area contributed by atoms with E-state index in [1.54, 1.807) is 24.3 Å². The zero-order valence-electron chi connectivity index (χ0n) is 11.7. The Morgan fingerprint density at radius 1 is 1.38 bits per heavy atom. The minimum Gasteiger partial charge on any atom is -0.293 e. The summed E-state index contributed by atoms with van der Waals surface area (Å²) in [4.78, 5) is 24.6. The van der Waals surface area contributed by atoms with Gasteiger partial charge in [-0.1, -0.05) is 0 Å². The Morgan fingerprint density at radius 3 is 2.95 bits per heavy atom. The third-order valence-electron chi connectivity index (χ3n) is 3.93. The van der Waals surface area contributed by atoms with E-state index in [9.17, 15) is 14.9 Å². The molecule has 0 saturated heterocycles. The van der Waals surface area contributed by atoms with Crippen molar-refractivity contribution in [2.45, 2.75) is 32.1 Å². The molecular weight excluding hydrogens is 286 g/mol. The van der Waals surface area contributed by atoms with Crippen molar-refractivity contribution in [1.29, 1.82) is 0 Å². The molecule has 0 fully saturated rings. The van der Waals surface area contributed by atoms with E-state index in [1.807, 2.05) is 11.4 Å². The molecule has 1 unspecified atom stereocenters. The summed E-state index contributed by atoms with van der Waals surface area (Å²) in [6, 6.07) is 6.66. The van der Waals surface area contributed by atoms with Crippen LogP contribution in [0, 0.1) is 17.0 Å². The molecule has 108 valence electrons. The summed E-state index contributed by atoms with van der Waals surface area (Å²) in [5.74, 6) is -0.150. The van der Waals surface area contributed by atoms with Gasteiger partial charge in [0.05, 0.1) is 4.92 Å². The van der Waals surface area contributed by atoms with Crippen molar-refractivity contribution in [3.05, 3.63) is 61.3 Å². The number of hydrogen-bond donors (Lipinski definition) is 0. The number of benzene rings is 1. The van der Waals surface area contributed by atoms with Crippen molar-refractivity contribution in [1.82, 2.24) is 0 Å². The van der Waals surface area contributed by atoms with Crippen LogP contribution in [0.5, 0.6) is 0 Å². The summed E-state index contributed by atoms with van der Waals surface area (Å²) in [7, 11) is 0. The minimum atomic E-state index is -0.444. The zero-order chi connectivity index (χ0) is 15.0. The van der Waals surface area contributed by atoms with E-state index in [1.165, 1.54) is 17.0 Å². The standard InChI is InChI=1S/C16H15NO3S/c1-10-7-11(9-12(8-10)17(19)20)16(18)14-3-2-4-15-13(14)5-6-21-15/h5-9,14H,2-4H2,1H3. The molecule has 21 heavy (non-hydrogen) atoms. The first-order valence-electron chi connectivity index (χ1n) is 6.93. The number of carbonyl (C=O) groups is 1. The van der Waals surface area contributed by atoms with Crippen LogP contribution < -0.4 is 0 Å². The fourth-order valence-electron chi connectivity index (χ4n) is 2.97. The van der Waals surface area contributed by atoms with Crippen LogP contribution in [0.25, 0.3) is 0 Å². The third kappa shape index (κ3) is 2.61. The second kappa shape index (κ2) is 5.41. The average Bonchev–Trinajstić information content (AvgIpc) is 2.94. The van der Waals surface area contributed by atoms with Crippen molar-refractivity contribution in [2.24, 2.45) is 0 Å². The SMILES string of the molecule is Cc1cc(C(=O)C2CCCc3sccc32)cc([N+](=O)[O-])c1. The Kier molecular flexibility index (Phi) is 3.59. The van der Waals surface area contributed by atoms with E-state index in [4.69, 9.17) is 0 Å². The molecule has 1 heterocycles. The van der Waals surface area contributed by atoms with Gasteiger partial charge in [0, 0.05) is 28.5 Å². The molecule has 1 aromatic heterocycles. The highest BCUT2D eigenvalue weighted by molar-refractivity contribution is 7.10. The molecular formula is C16H15NO3S. The van der Waals surface area contributed by atoms with Crippen LogP contribution >= 0.6 is 11.3 Å². The van der Waals surface area contributed by atoms with Gasteiger partial charge in [0.15, 0.2) is 5.78 Å². The maximum Gasteiger partial charge on any atom is 0.270 e. The molecule has 0 amide bonds. The largest absolute Gasteiger partial charge is 0.293 e. The average molecular weight is 301 g/mol. The van der Waals surface area contributed by atoms with Crippen molar-refractivity contribution < 1.29 is 9.72 Å². The summed E-state index contributed by atoms with van der Waals surface area (Å²) in [5.41, 5.74) is 2.29. The molecule has 1 aliphatic carbocycles. The number of ketones is 1. The Balaban J connectivity index is 1.99. The highest BCUT2D eigenvalue weighted by Gasteiger charge is 2.28. The van der Waals surface area contributed by atoms with Crippen LogP contribution in [0.15, 0.2) is 29.6 Å². The molecule has 0 aliphatic heterocycles. The molecule has 0 spiro atoms. The summed E-state index contributed by atoms with van der Waals surface area (Å²) in [6.07, 6.45) is 2.85. The molecule has 0 radical (unpaired) electrons. The topological polar surface area (TPSA) is 60.2 Å². The number of carbonyl (C=O) groups excluding carboxylic acids is 1. The summed E-state index contributed by atoms with van der Waals surface area (Å²) < 4.78 is 0. The first kappa shape index (κ1) is 13.9. The van der Waals surface area contributed by atoms with Gasteiger partial charge in [-0.15, -0.1) is 11.3 Å². The van der Waals surface area contributed by atoms with Gasteiger partial charge in [-0.05, 0) is 54.8 Å². The molecule has 0 N–H and O–H groups in total. The van der Waals surface area contributed by atoms with Gasteiger partial charge in [-0.3, -0.25) is 14.9 Å². The predicted octanol–water partition coefficient (Wildman–Crippen LogP) is 4.27. The Labute approximate surface area is 126 Å². The highest BCUT2D eigenvalue weighted by atomic mass is 32.1. The summed E-state index contributed by atoms with van der Waals surface area (Å²) in [5, 5.41) is 13.0. The van der Waals surface area contributed by atoms with Crippen molar-refractivity contribution in [2.75, 3.05) is 0 Å². The maximum atomic E-state index is 12.8. The molecule has 1 aromatic carbocycles. The summed E-state index contributed by atoms with van der Waals surface area (Å²) >= 11 is 1.69. The molecule has 3 rings (SSSR count). The monoisotopic (exact) mass is 301 g/mol. The van der Waals surface area contributed by atoms with Crippen LogP contribution in [0.1, 0.15) is 45.1 Å². The van der Waals surface area contributed by atoms with Gasteiger partial charge < -0.3 is 0 Å². The number of fused-ring (bicyclic) bond motifs is 1. The fourth-order valence-corrected chi connectivity index (χ4v) is 3.96. The Morgan fingerprint density at radius 2 is 2.19 bits per heavy atom. The van der Waals surface area contributed by atoms with Gasteiger partial charge in [-0.2, -0.15) is 0 Å². The quantitative estimate of drug-likeness (QED) is 0.483. The van der Waals surface area contributed by atoms with E-state index < -0.39 is 4.92 Å². The predicted molar refractivity (Wildman–Crippen MR) is 82.2 cm³/mol. The number of hydrogen-bond acceptors (Lipinski definition) is 4. The number of rotatable bonds is 3.